The molecule has 2 aromatic rings. The van der Waals surface area contributed by atoms with Crippen LogP contribution < -0.4 is 0 Å². The zero-order valence-electron chi connectivity index (χ0n) is 8.59. The van der Waals surface area contributed by atoms with Crippen molar-refractivity contribution >= 4 is 45.6 Å². The maximum absolute atomic E-state index is 5.77. The lowest BCUT2D eigenvalue weighted by Crippen LogP contribution is -2.03. The van der Waals surface area contributed by atoms with Gasteiger partial charge in [0.05, 0.1) is 0 Å². The molecule has 0 saturated carbocycles. The highest BCUT2D eigenvalue weighted by molar-refractivity contribution is 6.67. The minimum Gasteiger partial charge on any atom is -0.0837 e. The molecule has 0 spiro atoms. The molecular formula is C13H11Cl3. The van der Waals surface area contributed by atoms with Gasteiger partial charge in [-0.2, -0.15) is 0 Å². The molecule has 0 amide bonds. The fourth-order valence-electron chi connectivity index (χ4n) is 1.79. The van der Waals surface area contributed by atoms with Gasteiger partial charge in [0.2, 0.25) is 0 Å². The Hall–Kier alpha value is -0.430. The summed E-state index contributed by atoms with van der Waals surface area (Å²) >= 11 is 17.3. The smallest absolute Gasteiger partial charge is 0.0837 e. The van der Waals surface area contributed by atoms with Gasteiger partial charge < -0.3 is 0 Å². The summed E-state index contributed by atoms with van der Waals surface area (Å²) in [5.74, 6) is 0. The summed E-state index contributed by atoms with van der Waals surface area (Å²) in [6, 6.07) is 14.5. The van der Waals surface area contributed by atoms with Crippen LogP contribution in [0.5, 0.6) is 0 Å². The van der Waals surface area contributed by atoms with E-state index in [4.69, 9.17) is 34.8 Å². The first-order chi connectivity index (χ1) is 7.56. The Labute approximate surface area is 110 Å². The van der Waals surface area contributed by atoms with Crippen molar-refractivity contribution in [2.24, 2.45) is 0 Å². The summed E-state index contributed by atoms with van der Waals surface area (Å²) in [5.41, 5.74) is 1.23. The molecule has 0 saturated heterocycles. The van der Waals surface area contributed by atoms with Gasteiger partial charge in [0.15, 0.2) is 3.79 Å². The van der Waals surface area contributed by atoms with E-state index in [0.29, 0.717) is 6.42 Å². The van der Waals surface area contributed by atoms with Crippen LogP contribution in [0.1, 0.15) is 12.0 Å². The fourth-order valence-corrected chi connectivity index (χ4v) is 2.07. The number of alkyl halides is 3. The lowest BCUT2D eigenvalue weighted by molar-refractivity contribution is 0.857. The summed E-state index contributed by atoms with van der Waals surface area (Å²) in [7, 11) is 0. The van der Waals surface area contributed by atoms with E-state index in [9.17, 15) is 0 Å². The molecule has 0 aliphatic carbocycles. The average Bonchev–Trinajstić information content (AvgIpc) is 2.25. The summed E-state index contributed by atoms with van der Waals surface area (Å²) in [5, 5.41) is 2.46. The summed E-state index contributed by atoms with van der Waals surface area (Å²) in [6.45, 7) is 0. The summed E-state index contributed by atoms with van der Waals surface area (Å²) in [4.78, 5) is 0. The van der Waals surface area contributed by atoms with Gasteiger partial charge in [-0.1, -0.05) is 77.3 Å². The quantitative estimate of drug-likeness (QED) is 0.664. The molecule has 0 N–H and O–H groups in total. The van der Waals surface area contributed by atoms with E-state index < -0.39 is 3.79 Å². The lowest BCUT2D eigenvalue weighted by Gasteiger charge is -2.11. The van der Waals surface area contributed by atoms with Crippen LogP contribution in [0.25, 0.3) is 10.8 Å². The van der Waals surface area contributed by atoms with Gasteiger partial charge in [0, 0.05) is 0 Å². The number of rotatable bonds is 2. The standard InChI is InChI=1S/C13H11Cl3/c14-13(15,16)9-8-11-6-3-5-10-4-1-2-7-12(10)11/h1-7H,8-9H2. The topological polar surface area (TPSA) is 0 Å². The normalized spacial score (nSPS) is 11.9. The molecule has 0 heterocycles. The molecule has 0 radical (unpaired) electrons. The van der Waals surface area contributed by atoms with Gasteiger partial charge in [0.1, 0.15) is 0 Å². The van der Waals surface area contributed by atoms with Crippen molar-refractivity contribution in [3.63, 3.8) is 0 Å². The van der Waals surface area contributed by atoms with Crippen molar-refractivity contribution in [1.82, 2.24) is 0 Å². The van der Waals surface area contributed by atoms with Crippen LogP contribution in [-0.2, 0) is 6.42 Å². The molecule has 0 atom stereocenters. The Kier molecular flexibility index (Phi) is 3.63. The number of benzene rings is 2. The van der Waals surface area contributed by atoms with Gasteiger partial charge in [-0.3, -0.25) is 0 Å². The third-order valence-corrected chi connectivity index (χ3v) is 3.12. The molecule has 2 rings (SSSR count). The highest BCUT2D eigenvalue weighted by Gasteiger charge is 2.19. The molecule has 84 valence electrons. The maximum atomic E-state index is 5.77. The van der Waals surface area contributed by atoms with Crippen molar-refractivity contribution in [1.29, 1.82) is 0 Å². The Morgan fingerprint density at radius 2 is 1.56 bits per heavy atom. The predicted octanol–water partition coefficient (Wildman–Crippen LogP) is 5.14. The number of halogens is 3. The lowest BCUT2D eigenvalue weighted by atomic mass is 10.0. The van der Waals surface area contributed by atoms with Crippen molar-refractivity contribution in [2.75, 3.05) is 0 Å². The van der Waals surface area contributed by atoms with E-state index in [2.05, 4.69) is 24.3 Å². The minimum atomic E-state index is -1.17. The maximum Gasteiger partial charge on any atom is 0.190 e. The molecule has 16 heavy (non-hydrogen) atoms. The van der Waals surface area contributed by atoms with Gasteiger partial charge in [0.25, 0.3) is 0 Å². The average molecular weight is 274 g/mol. The van der Waals surface area contributed by atoms with E-state index in [0.717, 1.165) is 6.42 Å². The van der Waals surface area contributed by atoms with Crippen LogP contribution in [0.2, 0.25) is 0 Å². The van der Waals surface area contributed by atoms with Crippen molar-refractivity contribution in [2.45, 2.75) is 16.6 Å². The van der Waals surface area contributed by atoms with Gasteiger partial charge in [-0.05, 0) is 29.2 Å². The third-order valence-electron chi connectivity index (χ3n) is 2.56. The Bertz CT molecular complexity index is 480. The highest BCUT2D eigenvalue weighted by atomic mass is 35.6. The van der Waals surface area contributed by atoms with E-state index in [1.807, 2.05) is 18.2 Å². The number of fused-ring (bicyclic) bond motifs is 1. The van der Waals surface area contributed by atoms with Crippen molar-refractivity contribution < 1.29 is 0 Å². The van der Waals surface area contributed by atoms with E-state index in [1.54, 1.807) is 0 Å². The first-order valence-electron chi connectivity index (χ1n) is 5.10. The second kappa shape index (κ2) is 4.83. The molecule has 0 nitrogen and oxygen atoms in total. The van der Waals surface area contributed by atoms with Crippen LogP contribution in [0.3, 0.4) is 0 Å². The monoisotopic (exact) mass is 272 g/mol. The van der Waals surface area contributed by atoms with E-state index >= 15 is 0 Å². The van der Waals surface area contributed by atoms with Crippen LogP contribution in [0.4, 0.5) is 0 Å². The van der Waals surface area contributed by atoms with Crippen molar-refractivity contribution in [3.05, 3.63) is 48.0 Å². The molecule has 0 unspecified atom stereocenters. The summed E-state index contributed by atoms with van der Waals surface area (Å²) < 4.78 is -1.17. The first-order valence-corrected chi connectivity index (χ1v) is 6.23. The molecule has 0 bridgehead atoms. The summed E-state index contributed by atoms with van der Waals surface area (Å²) in [6.07, 6.45) is 1.31. The number of aryl methyl sites for hydroxylation is 1. The van der Waals surface area contributed by atoms with Gasteiger partial charge >= 0.3 is 0 Å². The Morgan fingerprint density at radius 1 is 0.875 bits per heavy atom. The third kappa shape index (κ3) is 3.04. The minimum absolute atomic E-state index is 0.533. The molecule has 0 aliphatic rings. The van der Waals surface area contributed by atoms with Gasteiger partial charge in [-0.25, -0.2) is 0 Å². The second-order valence-electron chi connectivity index (χ2n) is 3.75. The van der Waals surface area contributed by atoms with E-state index in [1.165, 1.54) is 16.3 Å². The fraction of sp³-hybridized carbons (Fsp3) is 0.231. The zero-order chi connectivity index (χ0) is 11.6. The van der Waals surface area contributed by atoms with Crippen LogP contribution >= 0.6 is 34.8 Å². The number of hydrogen-bond acceptors (Lipinski definition) is 0. The second-order valence-corrected chi connectivity index (χ2v) is 6.27. The predicted molar refractivity (Wildman–Crippen MR) is 72.6 cm³/mol. The van der Waals surface area contributed by atoms with Crippen LogP contribution in [0.15, 0.2) is 42.5 Å². The molecule has 0 aromatic heterocycles. The Balaban J connectivity index is 2.30. The number of hydrogen-bond donors (Lipinski definition) is 0. The van der Waals surface area contributed by atoms with Crippen molar-refractivity contribution in [3.8, 4) is 0 Å². The first kappa shape index (κ1) is 12.0. The molecule has 3 heteroatoms. The van der Waals surface area contributed by atoms with Gasteiger partial charge in [-0.15, -0.1) is 0 Å². The largest absolute Gasteiger partial charge is 0.190 e. The zero-order valence-corrected chi connectivity index (χ0v) is 10.9. The molecule has 2 aromatic carbocycles. The Morgan fingerprint density at radius 3 is 2.31 bits per heavy atom. The van der Waals surface area contributed by atoms with Crippen LogP contribution in [-0.4, -0.2) is 3.79 Å². The van der Waals surface area contributed by atoms with E-state index in [-0.39, 0.29) is 0 Å². The molecule has 0 fully saturated rings. The van der Waals surface area contributed by atoms with Crippen LogP contribution in [0, 0.1) is 0 Å². The molecule has 0 aliphatic heterocycles. The highest BCUT2D eigenvalue weighted by Crippen LogP contribution is 2.32. The SMILES string of the molecule is ClC(Cl)(Cl)CCc1cccc2ccccc12. The molecular weight excluding hydrogens is 263 g/mol.